The van der Waals surface area contributed by atoms with Crippen molar-refractivity contribution >= 4 is 39.5 Å². The molecule has 0 bridgehead atoms. The minimum atomic E-state index is -4.95. The van der Waals surface area contributed by atoms with Gasteiger partial charge in [0.05, 0.1) is 26.4 Å². The van der Waals surface area contributed by atoms with Gasteiger partial charge in [-0.1, -0.05) is 298 Å². The molecule has 0 radical (unpaired) electrons. The first-order valence-corrected chi connectivity index (χ1v) is 38.6. The Bertz CT molecular complexity index is 1690. The number of phosphoric acid groups is 2. The maximum atomic E-state index is 13.0. The predicted octanol–water partition coefficient (Wildman–Crippen LogP) is 19.4. The van der Waals surface area contributed by atoms with Crippen LogP contribution in [-0.2, 0) is 65.4 Å². The number of phosphoric ester groups is 2. The first-order chi connectivity index (χ1) is 42.0. The van der Waals surface area contributed by atoms with Crippen molar-refractivity contribution in [3.8, 4) is 0 Å². The molecule has 0 heterocycles. The molecular weight excluding hydrogens is 1150 g/mol. The van der Waals surface area contributed by atoms with E-state index in [1.807, 2.05) is 0 Å². The van der Waals surface area contributed by atoms with Crippen molar-refractivity contribution in [1.29, 1.82) is 0 Å². The van der Waals surface area contributed by atoms with Crippen molar-refractivity contribution in [3.63, 3.8) is 0 Å². The molecule has 0 aromatic carbocycles. The molecule has 0 aromatic heterocycles. The van der Waals surface area contributed by atoms with Crippen LogP contribution in [0.25, 0.3) is 0 Å². The molecule has 0 fully saturated rings. The minimum Gasteiger partial charge on any atom is -0.462 e. The molecule has 3 N–H and O–H groups in total. The van der Waals surface area contributed by atoms with E-state index < -0.39 is 97.5 Å². The highest BCUT2D eigenvalue weighted by Crippen LogP contribution is 2.45. The fourth-order valence-electron chi connectivity index (χ4n) is 10.3. The second-order valence-electron chi connectivity index (χ2n) is 25.0. The zero-order valence-electron chi connectivity index (χ0n) is 56.2. The van der Waals surface area contributed by atoms with E-state index in [1.165, 1.54) is 173 Å². The van der Waals surface area contributed by atoms with Gasteiger partial charge in [0.1, 0.15) is 19.3 Å². The van der Waals surface area contributed by atoms with Crippen molar-refractivity contribution in [2.75, 3.05) is 39.6 Å². The number of hydrogen-bond donors (Lipinski definition) is 3. The van der Waals surface area contributed by atoms with Crippen LogP contribution in [0.4, 0.5) is 0 Å². The van der Waals surface area contributed by atoms with E-state index in [1.54, 1.807) is 0 Å². The van der Waals surface area contributed by atoms with Crippen molar-refractivity contribution in [2.24, 2.45) is 5.92 Å². The smallest absolute Gasteiger partial charge is 0.462 e. The van der Waals surface area contributed by atoms with Crippen LogP contribution >= 0.6 is 15.6 Å². The maximum Gasteiger partial charge on any atom is 0.472 e. The number of aliphatic hydroxyl groups excluding tert-OH is 1. The molecule has 0 aliphatic carbocycles. The van der Waals surface area contributed by atoms with Crippen molar-refractivity contribution < 1.29 is 80.2 Å². The molecule has 0 amide bonds. The van der Waals surface area contributed by atoms with Crippen LogP contribution in [0.2, 0.25) is 0 Å². The van der Waals surface area contributed by atoms with E-state index in [0.29, 0.717) is 25.7 Å². The molecule has 5 atom stereocenters. The van der Waals surface area contributed by atoms with Gasteiger partial charge in [-0.05, 0) is 31.6 Å². The lowest BCUT2D eigenvalue weighted by Crippen LogP contribution is -2.30. The van der Waals surface area contributed by atoms with Gasteiger partial charge >= 0.3 is 39.5 Å². The van der Waals surface area contributed by atoms with Gasteiger partial charge in [0.25, 0.3) is 0 Å². The van der Waals surface area contributed by atoms with Gasteiger partial charge in [0, 0.05) is 25.7 Å². The zero-order chi connectivity index (χ0) is 64.2. The second kappa shape index (κ2) is 61.6. The molecule has 0 aliphatic heterocycles. The van der Waals surface area contributed by atoms with Crippen molar-refractivity contribution in [2.45, 2.75) is 368 Å². The molecule has 0 saturated carbocycles. The SMILES string of the molecule is CCCCCCCCCCCCCC(=O)OC[C@H](COP(=O)(O)OC[C@H](O)COP(=O)(O)OC[C@@H](COC(=O)CCCCCCCCCCCCC)OC(=O)CCCCCCCCCCCCCC(C)C)OC(=O)CCCCCCCCCCCCC. The van der Waals surface area contributed by atoms with Crippen LogP contribution in [-0.4, -0.2) is 96.7 Å². The Morgan fingerprint density at radius 1 is 0.310 bits per heavy atom. The molecule has 516 valence electrons. The van der Waals surface area contributed by atoms with Gasteiger partial charge in [-0.15, -0.1) is 0 Å². The number of esters is 4. The normalized spacial score (nSPS) is 14.1. The summed E-state index contributed by atoms with van der Waals surface area (Å²) in [6.07, 6.45) is 47.0. The Kier molecular flexibility index (Phi) is 60.2. The number of ether oxygens (including phenoxy) is 4. The standard InChI is InChI=1S/C68H132O17P2/c1-6-9-12-15-18-21-25-31-36-41-46-51-65(70)78-57-63(84-67(72)53-48-43-38-33-27-23-20-17-14-11-8-3)59-82-86(74,75)80-55-62(69)56-81-87(76,77)83-60-64(58-79-66(71)52-47-42-37-32-26-22-19-16-13-10-7-2)85-68(73)54-49-44-39-34-29-24-28-30-35-40-45-50-61(4)5/h61-64,69H,6-60H2,1-5H3,(H,74,75)(H,76,77)/t62-,63+,64+/m0/s1. The van der Waals surface area contributed by atoms with E-state index in [0.717, 1.165) is 95.8 Å². The Morgan fingerprint density at radius 2 is 0.529 bits per heavy atom. The maximum absolute atomic E-state index is 13.0. The van der Waals surface area contributed by atoms with Crippen molar-refractivity contribution in [3.05, 3.63) is 0 Å². The van der Waals surface area contributed by atoms with Gasteiger partial charge < -0.3 is 33.8 Å². The number of unbranched alkanes of at least 4 members (excludes halogenated alkanes) is 40. The van der Waals surface area contributed by atoms with Crippen LogP contribution in [0.3, 0.4) is 0 Å². The van der Waals surface area contributed by atoms with Gasteiger partial charge in [-0.2, -0.15) is 0 Å². The third-order valence-electron chi connectivity index (χ3n) is 15.8. The van der Waals surface area contributed by atoms with E-state index >= 15 is 0 Å². The average molecular weight is 1280 g/mol. The van der Waals surface area contributed by atoms with Crippen molar-refractivity contribution in [1.82, 2.24) is 0 Å². The second-order valence-corrected chi connectivity index (χ2v) is 27.9. The Balaban J connectivity index is 5.24. The zero-order valence-corrected chi connectivity index (χ0v) is 57.9. The first kappa shape index (κ1) is 85.1. The summed E-state index contributed by atoms with van der Waals surface area (Å²) in [4.78, 5) is 72.4. The number of rotatable bonds is 68. The summed E-state index contributed by atoms with van der Waals surface area (Å²) < 4.78 is 68.2. The van der Waals surface area contributed by atoms with Gasteiger partial charge in [0.2, 0.25) is 0 Å². The largest absolute Gasteiger partial charge is 0.472 e. The number of carbonyl (C=O) groups excluding carboxylic acids is 4. The summed E-state index contributed by atoms with van der Waals surface area (Å²) in [5.74, 6) is -1.36. The summed E-state index contributed by atoms with van der Waals surface area (Å²) in [5, 5.41) is 10.6. The van der Waals surface area contributed by atoms with E-state index in [9.17, 15) is 43.2 Å². The third kappa shape index (κ3) is 62.6. The lowest BCUT2D eigenvalue weighted by molar-refractivity contribution is -0.161. The highest BCUT2D eigenvalue weighted by molar-refractivity contribution is 7.47. The van der Waals surface area contributed by atoms with Gasteiger partial charge in [0.15, 0.2) is 12.2 Å². The molecule has 0 aromatic rings. The first-order valence-electron chi connectivity index (χ1n) is 35.6. The molecule has 19 heteroatoms. The quantitative estimate of drug-likeness (QED) is 0.0222. The minimum absolute atomic E-state index is 0.107. The van der Waals surface area contributed by atoms with E-state index in [2.05, 4.69) is 34.6 Å². The molecular formula is C68H132O17P2. The van der Waals surface area contributed by atoms with Crippen LogP contribution in [0.5, 0.6) is 0 Å². The van der Waals surface area contributed by atoms with Gasteiger partial charge in [-0.25, -0.2) is 9.13 Å². The molecule has 0 spiro atoms. The molecule has 0 aliphatic rings. The Hall–Kier alpha value is -1.94. The summed E-state index contributed by atoms with van der Waals surface area (Å²) in [7, 11) is -9.89. The number of hydrogen-bond acceptors (Lipinski definition) is 15. The summed E-state index contributed by atoms with van der Waals surface area (Å²) >= 11 is 0. The molecule has 0 saturated heterocycles. The average Bonchev–Trinajstić information content (AvgIpc) is 3.71. The highest BCUT2D eigenvalue weighted by Gasteiger charge is 2.30. The molecule has 0 rings (SSSR count). The summed E-state index contributed by atoms with van der Waals surface area (Å²) in [5.41, 5.74) is 0. The van der Waals surface area contributed by atoms with Gasteiger partial charge in [-0.3, -0.25) is 37.3 Å². The number of aliphatic hydroxyl groups is 1. The lowest BCUT2D eigenvalue weighted by atomic mass is 10.0. The van der Waals surface area contributed by atoms with Crippen LogP contribution in [0.1, 0.15) is 349 Å². The molecule has 2 unspecified atom stereocenters. The van der Waals surface area contributed by atoms with Crippen LogP contribution < -0.4 is 0 Å². The summed E-state index contributed by atoms with van der Waals surface area (Å²) in [6, 6.07) is 0. The fraction of sp³-hybridized carbons (Fsp3) is 0.941. The Labute approximate surface area is 530 Å². The molecule has 87 heavy (non-hydrogen) atoms. The van der Waals surface area contributed by atoms with E-state index in [4.69, 9.17) is 37.0 Å². The summed E-state index contributed by atoms with van der Waals surface area (Å²) in [6.45, 7) is 7.22. The molecule has 17 nitrogen and oxygen atoms in total. The topological polar surface area (TPSA) is 237 Å². The lowest BCUT2D eigenvalue weighted by Gasteiger charge is -2.21. The monoisotopic (exact) mass is 1280 g/mol. The van der Waals surface area contributed by atoms with Crippen LogP contribution in [0, 0.1) is 5.92 Å². The van der Waals surface area contributed by atoms with E-state index in [-0.39, 0.29) is 25.7 Å². The third-order valence-corrected chi connectivity index (χ3v) is 17.7. The van der Waals surface area contributed by atoms with Crippen LogP contribution in [0.15, 0.2) is 0 Å². The number of carbonyl (C=O) groups is 4. The highest BCUT2D eigenvalue weighted by atomic mass is 31.2. The fourth-order valence-corrected chi connectivity index (χ4v) is 11.9. The predicted molar refractivity (Wildman–Crippen MR) is 349 cm³/mol. The Morgan fingerprint density at radius 3 is 0.782 bits per heavy atom.